The summed E-state index contributed by atoms with van der Waals surface area (Å²) >= 11 is 0. The van der Waals surface area contributed by atoms with Crippen LogP contribution in [0, 0.1) is 0 Å². The fourth-order valence-electron chi connectivity index (χ4n) is 6.62. The molecule has 0 unspecified atom stereocenters. The van der Waals surface area contributed by atoms with Crippen molar-refractivity contribution in [3.05, 3.63) is 121 Å². The van der Waals surface area contributed by atoms with Crippen LogP contribution in [-0.2, 0) is 6.42 Å². The Morgan fingerprint density at radius 2 is 1.54 bits per heavy atom. The molecule has 4 heterocycles. The lowest BCUT2D eigenvalue weighted by Crippen LogP contribution is -1.95. The molecule has 0 bridgehead atoms. The highest BCUT2D eigenvalue weighted by molar-refractivity contribution is 6.19. The van der Waals surface area contributed by atoms with Crippen molar-refractivity contribution >= 4 is 49.1 Å². The minimum absolute atomic E-state index is 0.891. The van der Waals surface area contributed by atoms with E-state index in [1.54, 1.807) is 0 Å². The zero-order valence-electron chi connectivity index (χ0n) is 19.9. The lowest BCUT2D eigenvalue weighted by Gasteiger charge is -2.13. The van der Waals surface area contributed by atoms with Crippen molar-refractivity contribution in [2.45, 2.75) is 6.42 Å². The quantitative estimate of drug-likeness (QED) is 0.229. The maximum absolute atomic E-state index is 4.84. The molecular formula is C33H20N4. The summed E-state index contributed by atoms with van der Waals surface area (Å²) in [5.74, 6) is 0. The van der Waals surface area contributed by atoms with E-state index in [1.165, 1.54) is 60.5 Å². The van der Waals surface area contributed by atoms with Gasteiger partial charge in [-0.3, -0.25) is 9.38 Å². The Labute approximate surface area is 212 Å². The van der Waals surface area contributed by atoms with Gasteiger partial charge in [-0.15, -0.1) is 0 Å². The molecule has 0 saturated carbocycles. The number of rotatable bonds is 1. The lowest BCUT2D eigenvalue weighted by molar-refractivity contribution is 1.18. The number of hydrogen-bond donors (Lipinski definition) is 0. The van der Waals surface area contributed by atoms with Crippen LogP contribution in [-0.4, -0.2) is 18.9 Å². The van der Waals surface area contributed by atoms with Crippen LogP contribution in [0.15, 0.2) is 110 Å². The average molecular weight is 473 g/mol. The van der Waals surface area contributed by atoms with Crippen molar-refractivity contribution in [3.63, 3.8) is 0 Å². The van der Waals surface area contributed by atoms with E-state index in [1.807, 2.05) is 18.6 Å². The first-order chi connectivity index (χ1) is 18.4. The van der Waals surface area contributed by atoms with Crippen LogP contribution >= 0.6 is 0 Å². The van der Waals surface area contributed by atoms with Crippen molar-refractivity contribution in [1.29, 1.82) is 0 Å². The molecule has 0 aliphatic heterocycles. The minimum Gasteiger partial charge on any atom is -0.309 e. The molecule has 1 aliphatic carbocycles. The second kappa shape index (κ2) is 6.83. The van der Waals surface area contributed by atoms with Gasteiger partial charge in [0.05, 0.1) is 16.6 Å². The Bertz CT molecular complexity index is 2220. The van der Waals surface area contributed by atoms with Crippen molar-refractivity contribution in [1.82, 2.24) is 18.9 Å². The number of para-hydroxylation sites is 2. The van der Waals surface area contributed by atoms with Crippen LogP contribution in [0.4, 0.5) is 0 Å². The van der Waals surface area contributed by atoms with Gasteiger partial charge in [0.2, 0.25) is 0 Å². The second-order valence-electron chi connectivity index (χ2n) is 9.89. The van der Waals surface area contributed by atoms with Crippen molar-refractivity contribution < 1.29 is 0 Å². The SMILES string of the molecule is c1ccc(-n2c3ccccc3c3ccc4c(c32)-c2ccc3c5cnccc5n5ccnc5c3c2C4)cc1. The van der Waals surface area contributed by atoms with E-state index in [0.717, 1.165) is 23.0 Å². The number of aromatic nitrogens is 4. The van der Waals surface area contributed by atoms with Gasteiger partial charge < -0.3 is 4.57 Å². The van der Waals surface area contributed by atoms with Crippen molar-refractivity contribution in [2.24, 2.45) is 0 Å². The summed E-state index contributed by atoms with van der Waals surface area (Å²) in [6, 6.07) is 30.8. The topological polar surface area (TPSA) is 35.1 Å². The zero-order chi connectivity index (χ0) is 24.1. The molecule has 0 radical (unpaired) electrons. The van der Waals surface area contributed by atoms with Gasteiger partial charge >= 0.3 is 0 Å². The van der Waals surface area contributed by atoms with E-state index in [9.17, 15) is 0 Å². The highest BCUT2D eigenvalue weighted by Crippen LogP contribution is 2.48. The van der Waals surface area contributed by atoms with Crippen molar-refractivity contribution in [2.75, 3.05) is 0 Å². The fraction of sp³-hybridized carbons (Fsp3) is 0.0303. The summed E-state index contributed by atoms with van der Waals surface area (Å²) in [5.41, 5.74) is 11.2. The second-order valence-corrected chi connectivity index (χ2v) is 9.89. The lowest BCUT2D eigenvalue weighted by atomic mass is 9.97. The predicted octanol–water partition coefficient (Wildman–Crippen LogP) is 7.70. The summed E-state index contributed by atoms with van der Waals surface area (Å²) in [6.45, 7) is 0. The van der Waals surface area contributed by atoms with Crippen molar-refractivity contribution in [3.8, 4) is 16.8 Å². The Balaban J connectivity index is 1.47. The van der Waals surface area contributed by atoms with Gasteiger partial charge in [0.25, 0.3) is 0 Å². The normalized spacial score (nSPS) is 12.8. The summed E-state index contributed by atoms with van der Waals surface area (Å²) in [6.07, 6.45) is 8.70. The molecule has 4 nitrogen and oxygen atoms in total. The van der Waals surface area contributed by atoms with Crippen LogP contribution in [0.2, 0.25) is 0 Å². The first kappa shape index (κ1) is 19.3. The molecule has 37 heavy (non-hydrogen) atoms. The predicted molar refractivity (Wildman–Crippen MR) is 151 cm³/mol. The van der Waals surface area contributed by atoms with Crippen LogP contribution in [0.5, 0.6) is 0 Å². The average Bonchev–Trinajstić information content (AvgIpc) is 3.67. The monoisotopic (exact) mass is 472 g/mol. The van der Waals surface area contributed by atoms with Gasteiger partial charge in [0.1, 0.15) is 5.65 Å². The molecule has 0 amide bonds. The number of pyridine rings is 2. The molecule has 4 heteroatoms. The van der Waals surface area contributed by atoms with Gasteiger partial charge in [0, 0.05) is 57.6 Å². The van der Waals surface area contributed by atoms with Gasteiger partial charge in [-0.25, -0.2) is 4.98 Å². The van der Waals surface area contributed by atoms with Gasteiger partial charge in [-0.05, 0) is 52.8 Å². The molecule has 0 spiro atoms. The van der Waals surface area contributed by atoms with Crippen LogP contribution < -0.4 is 0 Å². The highest BCUT2D eigenvalue weighted by atomic mass is 15.0. The molecule has 0 saturated heterocycles. The van der Waals surface area contributed by atoms with E-state index in [-0.39, 0.29) is 0 Å². The maximum atomic E-state index is 4.84. The number of hydrogen-bond acceptors (Lipinski definition) is 2. The van der Waals surface area contributed by atoms with Gasteiger partial charge in [-0.2, -0.15) is 0 Å². The van der Waals surface area contributed by atoms with E-state index >= 15 is 0 Å². The number of fused-ring (bicyclic) bond motifs is 14. The summed E-state index contributed by atoms with van der Waals surface area (Å²) < 4.78 is 4.65. The van der Waals surface area contributed by atoms with Gasteiger partial charge in [-0.1, -0.05) is 60.7 Å². The molecule has 8 aromatic rings. The maximum Gasteiger partial charge on any atom is 0.145 e. The van der Waals surface area contributed by atoms with Crippen LogP contribution in [0.1, 0.15) is 11.1 Å². The Kier molecular flexibility index (Phi) is 3.55. The summed E-state index contributed by atoms with van der Waals surface area (Å²) in [7, 11) is 0. The third-order valence-electron chi connectivity index (χ3n) is 8.10. The van der Waals surface area contributed by atoms with E-state index in [4.69, 9.17) is 4.98 Å². The van der Waals surface area contributed by atoms with Gasteiger partial charge in [0.15, 0.2) is 0 Å². The van der Waals surface area contributed by atoms with E-state index in [2.05, 4.69) is 105 Å². The van der Waals surface area contributed by atoms with E-state index < -0.39 is 0 Å². The minimum atomic E-state index is 0.891. The van der Waals surface area contributed by atoms with Crippen LogP contribution in [0.3, 0.4) is 0 Å². The number of nitrogens with zero attached hydrogens (tertiary/aromatic N) is 4. The first-order valence-corrected chi connectivity index (χ1v) is 12.6. The molecule has 0 atom stereocenters. The Hall–Kier alpha value is -4.96. The smallest absolute Gasteiger partial charge is 0.145 e. The largest absolute Gasteiger partial charge is 0.309 e. The summed E-state index contributed by atoms with van der Waals surface area (Å²) in [5, 5.41) is 6.18. The Morgan fingerprint density at radius 3 is 2.49 bits per heavy atom. The standard InChI is InChI=1S/C33H20N4/c1-2-6-21(7-3-1)37-29-9-5-4-8-22(29)25-11-10-20-18-26-23(30(20)32(25)37)12-13-24-27-19-34-15-14-28(27)36-17-16-35-33(36)31(24)26/h1-17,19H,18H2. The molecule has 172 valence electrons. The van der Waals surface area contributed by atoms with Crippen LogP contribution in [0.25, 0.3) is 65.9 Å². The van der Waals surface area contributed by atoms with E-state index in [0.29, 0.717) is 0 Å². The number of benzene rings is 4. The molecule has 4 aromatic heterocycles. The molecular weight excluding hydrogens is 452 g/mol. The molecule has 4 aromatic carbocycles. The number of imidazole rings is 1. The highest BCUT2D eigenvalue weighted by Gasteiger charge is 2.28. The third-order valence-corrected chi connectivity index (χ3v) is 8.10. The fourth-order valence-corrected chi connectivity index (χ4v) is 6.62. The Morgan fingerprint density at radius 1 is 0.676 bits per heavy atom. The molecule has 9 rings (SSSR count). The molecule has 1 aliphatic rings. The summed E-state index contributed by atoms with van der Waals surface area (Å²) in [4.78, 5) is 9.30. The third kappa shape index (κ3) is 2.37. The first-order valence-electron chi connectivity index (χ1n) is 12.6. The molecule has 0 N–H and O–H groups in total. The molecule has 0 fully saturated rings. The zero-order valence-corrected chi connectivity index (χ0v) is 19.9.